The van der Waals surface area contributed by atoms with Gasteiger partial charge in [0.05, 0.1) is 6.54 Å². The molecule has 1 rings (SSSR count). The molecule has 0 bridgehead atoms. The number of hydrogen-bond acceptors (Lipinski definition) is 3. The number of aliphatic hydroxyl groups excluding tert-OH is 1. The SMILES string of the molecule is CCC(CCO)CNCC(=O)N1CCCC1. The number of carbonyl (C=O) groups excluding carboxylic acids is 1. The maximum atomic E-state index is 11.7. The molecule has 0 aromatic rings. The molecule has 0 aliphatic carbocycles. The summed E-state index contributed by atoms with van der Waals surface area (Å²) >= 11 is 0. The standard InChI is InChI=1S/C12H24N2O2/c1-2-11(5-8-15)9-13-10-12(16)14-6-3-4-7-14/h11,13,15H,2-10H2,1H3. The van der Waals surface area contributed by atoms with E-state index < -0.39 is 0 Å². The molecule has 4 heteroatoms. The summed E-state index contributed by atoms with van der Waals surface area (Å²) in [5.74, 6) is 0.702. The van der Waals surface area contributed by atoms with Crippen LogP contribution in [0.2, 0.25) is 0 Å². The Bertz CT molecular complexity index is 203. The molecular formula is C12H24N2O2. The molecule has 1 saturated heterocycles. The van der Waals surface area contributed by atoms with E-state index in [4.69, 9.17) is 5.11 Å². The summed E-state index contributed by atoms with van der Waals surface area (Å²) in [4.78, 5) is 13.6. The zero-order valence-corrected chi connectivity index (χ0v) is 10.2. The average molecular weight is 228 g/mol. The summed E-state index contributed by atoms with van der Waals surface area (Å²) in [5.41, 5.74) is 0. The van der Waals surface area contributed by atoms with Gasteiger partial charge in [0.25, 0.3) is 0 Å². The molecule has 0 saturated carbocycles. The van der Waals surface area contributed by atoms with E-state index in [2.05, 4.69) is 12.2 Å². The van der Waals surface area contributed by atoms with Crippen molar-refractivity contribution in [3.05, 3.63) is 0 Å². The van der Waals surface area contributed by atoms with Crippen molar-refractivity contribution >= 4 is 5.91 Å². The van der Waals surface area contributed by atoms with Crippen molar-refractivity contribution in [3.63, 3.8) is 0 Å². The van der Waals surface area contributed by atoms with Gasteiger partial charge in [0, 0.05) is 19.7 Å². The lowest BCUT2D eigenvalue weighted by Gasteiger charge is -2.18. The summed E-state index contributed by atoms with van der Waals surface area (Å²) < 4.78 is 0. The van der Waals surface area contributed by atoms with Crippen molar-refractivity contribution in [2.45, 2.75) is 32.6 Å². The van der Waals surface area contributed by atoms with Crippen LogP contribution in [0.15, 0.2) is 0 Å². The summed E-state index contributed by atoms with van der Waals surface area (Å²) in [6.07, 6.45) is 4.16. The van der Waals surface area contributed by atoms with Gasteiger partial charge in [0.15, 0.2) is 0 Å². The van der Waals surface area contributed by atoms with Crippen LogP contribution >= 0.6 is 0 Å². The normalized spacial score (nSPS) is 17.8. The third-order valence-electron chi connectivity index (χ3n) is 3.28. The predicted octanol–water partition coefficient (Wildman–Crippen LogP) is 0.607. The average Bonchev–Trinajstić information content (AvgIpc) is 2.81. The fraction of sp³-hybridized carbons (Fsp3) is 0.917. The van der Waals surface area contributed by atoms with Crippen LogP contribution in [-0.2, 0) is 4.79 Å². The highest BCUT2D eigenvalue weighted by Gasteiger charge is 2.17. The lowest BCUT2D eigenvalue weighted by molar-refractivity contribution is -0.129. The van der Waals surface area contributed by atoms with Crippen molar-refractivity contribution in [2.24, 2.45) is 5.92 Å². The van der Waals surface area contributed by atoms with E-state index in [1.165, 1.54) is 0 Å². The third-order valence-corrected chi connectivity index (χ3v) is 3.28. The first-order valence-electron chi connectivity index (χ1n) is 6.37. The van der Waals surface area contributed by atoms with Gasteiger partial charge >= 0.3 is 0 Å². The number of nitrogens with one attached hydrogen (secondary N) is 1. The number of aliphatic hydroxyl groups is 1. The van der Waals surface area contributed by atoms with E-state index >= 15 is 0 Å². The molecule has 0 aromatic heterocycles. The molecule has 1 unspecified atom stereocenters. The van der Waals surface area contributed by atoms with Gasteiger partial charge in [0.1, 0.15) is 0 Å². The molecule has 1 aliphatic heterocycles. The third kappa shape index (κ3) is 4.49. The second-order valence-corrected chi connectivity index (χ2v) is 4.51. The first kappa shape index (κ1) is 13.5. The van der Waals surface area contributed by atoms with Gasteiger partial charge in [-0.1, -0.05) is 13.3 Å². The van der Waals surface area contributed by atoms with Gasteiger partial charge < -0.3 is 15.3 Å². The first-order chi connectivity index (χ1) is 7.77. The molecule has 16 heavy (non-hydrogen) atoms. The Morgan fingerprint density at radius 1 is 1.44 bits per heavy atom. The van der Waals surface area contributed by atoms with Gasteiger partial charge in [-0.2, -0.15) is 0 Å². The predicted molar refractivity (Wildman–Crippen MR) is 64.2 cm³/mol. The van der Waals surface area contributed by atoms with Gasteiger partial charge in [-0.3, -0.25) is 4.79 Å². The monoisotopic (exact) mass is 228 g/mol. The molecule has 0 radical (unpaired) electrons. The van der Waals surface area contributed by atoms with Crippen LogP contribution in [0.4, 0.5) is 0 Å². The number of nitrogens with zero attached hydrogens (tertiary/aromatic N) is 1. The summed E-state index contributed by atoms with van der Waals surface area (Å²) in [7, 11) is 0. The van der Waals surface area contributed by atoms with E-state index in [0.717, 1.165) is 45.3 Å². The minimum atomic E-state index is 0.219. The molecule has 1 aliphatic rings. The maximum Gasteiger partial charge on any atom is 0.236 e. The number of rotatable bonds is 7. The highest BCUT2D eigenvalue weighted by atomic mass is 16.3. The highest BCUT2D eigenvalue weighted by Crippen LogP contribution is 2.08. The summed E-state index contributed by atoms with van der Waals surface area (Å²) in [5, 5.41) is 12.0. The Morgan fingerprint density at radius 2 is 2.12 bits per heavy atom. The van der Waals surface area contributed by atoms with Crippen molar-refractivity contribution in [1.29, 1.82) is 0 Å². The van der Waals surface area contributed by atoms with Crippen molar-refractivity contribution in [1.82, 2.24) is 10.2 Å². The number of amides is 1. The Labute approximate surface area is 98.0 Å². The van der Waals surface area contributed by atoms with Crippen molar-refractivity contribution < 1.29 is 9.90 Å². The minimum Gasteiger partial charge on any atom is -0.396 e. The quantitative estimate of drug-likeness (QED) is 0.671. The molecule has 1 atom stereocenters. The second kappa shape index (κ2) is 7.63. The Hall–Kier alpha value is -0.610. The van der Waals surface area contributed by atoms with E-state index in [1.54, 1.807) is 0 Å². The lowest BCUT2D eigenvalue weighted by atomic mass is 10.0. The summed E-state index contributed by atoms with van der Waals surface area (Å²) in [6, 6.07) is 0. The molecule has 1 heterocycles. The fourth-order valence-corrected chi connectivity index (χ4v) is 2.09. The second-order valence-electron chi connectivity index (χ2n) is 4.51. The molecule has 0 aromatic carbocycles. The van der Waals surface area contributed by atoms with Crippen LogP contribution in [0.5, 0.6) is 0 Å². The maximum absolute atomic E-state index is 11.7. The first-order valence-corrected chi connectivity index (χ1v) is 6.37. The van der Waals surface area contributed by atoms with Crippen LogP contribution in [0.1, 0.15) is 32.6 Å². The van der Waals surface area contributed by atoms with Crippen LogP contribution in [0, 0.1) is 5.92 Å². The molecular weight excluding hydrogens is 204 g/mol. The minimum absolute atomic E-state index is 0.219. The van der Waals surface area contributed by atoms with Crippen LogP contribution in [-0.4, -0.2) is 48.7 Å². The Morgan fingerprint density at radius 3 is 2.69 bits per heavy atom. The zero-order valence-electron chi connectivity index (χ0n) is 10.2. The number of likely N-dealkylation sites (tertiary alicyclic amines) is 1. The molecule has 1 amide bonds. The Balaban J connectivity index is 2.11. The number of hydrogen-bond donors (Lipinski definition) is 2. The molecule has 0 spiro atoms. The van der Waals surface area contributed by atoms with Gasteiger partial charge in [0.2, 0.25) is 5.91 Å². The topological polar surface area (TPSA) is 52.6 Å². The van der Waals surface area contributed by atoms with Gasteiger partial charge in [-0.15, -0.1) is 0 Å². The molecule has 1 fully saturated rings. The fourth-order valence-electron chi connectivity index (χ4n) is 2.09. The van der Waals surface area contributed by atoms with Crippen molar-refractivity contribution in [2.75, 3.05) is 32.8 Å². The van der Waals surface area contributed by atoms with Crippen molar-refractivity contribution in [3.8, 4) is 0 Å². The summed E-state index contributed by atoms with van der Waals surface area (Å²) in [6.45, 7) is 5.48. The highest BCUT2D eigenvalue weighted by molar-refractivity contribution is 5.78. The molecule has 94 valence electrons. The molecule has 4 nitrogen and oxygen atoms in total. The van der Waals surface area contributed by atoms with E-state index in [1.807, 2.05) is 4.90 Å². The van der Waals surface area contributed by atoms with Crippen LogP contribution in [0.25, 0.3) is 0 Å². The van der Waals surface area contributed by atoms with Gasteiger partial charge in [-0.25, -0.2) is 0 Å². The van der Waals surface area contributed by atoms with E-state index in [-0.39, 0.29) is 12.5 Å². The molecule has 2 N–H and O–H groups in total. The van der Waals surface area contributed by atoms with E-state index in [9.17, 15) is 4.79 Å². The van der Waals surface area contributed by atoms with Crippen LogP contribution < -0.4 is 5.32 Å². The smallest absolute Gasteiger partial charge is 0.236 e. The lowest BCUT2D eigenvalue weighted by Crippen LogP contribution is -2.37. The largest absolute Gasteiger partial charge is 0.396 e. The Kier molecular flexibility index (Phi) is 6.42. The number of carbonyl (C=O) groups is 1. The van der Waals surface area contributed by atoms with E-state index in [0.29, 0.717) is 12.5 Å². The van der Waals surface area contributed by atoms with Gasteiger partial charge in [-0.05, 0) is 31.7 Å². The zero-order chi connectivity index (χ0) is 11.8. The van der Waals surface area contributed by atoms with Crippen LogP contribution in [0.3, 0.4) is 0 Å².